The molecular formula is C10H18BrNO3. The zero-order chi connectivity index (χ0) is 11.8. The maximum atomic E-state index is 11.5. The molecule has 0 spiro atoms. The van der Waals surface area contributed by atoms with E-state index in [9.17, 15) is 9.59 Å². The summed E-state index contributed by atoms with van der Waals surface area (Å²) in [6.45, 7) is 6.70. The molecule has 15 heavy (non-hydrogen) atoms. The molecule has 0 saturated heterocycles. The van der Waals surface area contributed by atoms with Gasteiger partial charge in [-0.25, -0.2) is 0 Å². The summed E-state index contributed by atoms with van der Waals surface area (Å²) in [6.07, 6.45) is 0. The Balaban J connectivity index is 4.24. The second-order valence-electron chi connectivity index (χ2n) is 3.61. The first-order valence-electron chi connectivity index (χ1n) is 5.00. The Hall–Kier alpha value is -0.580. The molecule has 0 N–H and O–H groups in total. The molecule has 0 aromatic heterocycles. The molecule has 0 unspecified atom stereocenters. The number of alkyl halides is 1. The van der Waals surface area contributed by atoms with E-state index in [4.69, 9.17) is 4.74 Å². The normalized spacial score (nSPS) is 10.2. The first-order valence-corrected chi connectivity index (χ1v) is 6.12. The first-order chi connectivity index (χ1) is 7.01. The van der Waals surface area contributed by atoms with Crippen molar-refractivity contribution in [1.82, 2.24) is 4.90 Å². The standard InChI is InChI=1S/C10H18BrNO3/c1-4-15-10(14)7-12(6-8(2)3)9(13)5-11/h8H,4-7H2,1-3H3. The largest absolute Gasteiger partial charge is 0.465 e. The zero-order valence-electron chi connectivity index (χ0n) is 9.46. The Labute approximate surface area is 99.1 Å². The summed E-state index contributed by atoms with van der Waals surface area (Å²) in [7, 11) is 0. The van der Waals surface area contributed by atoms with E-state index >= 15 is 0 Å². The van der Waals surface area contributed by atoms with Crippen LogP contribution in [-0.4, -0.2) is 41.8 Å². The van der Waals surface area contributed by atoms with Gasteiger partial charge in [0.1, 0.15) is 6.54 Å². The van der Waals surface area contributed by atoms with Gasteiger partial charge >= 0.3 is 5.97 Å². The van der Waals surface area contributed by atoms with Gasteiger partial charge in [-0.1, -0.05) is 29.8 Å². The quantitative estimate of drug-likeness (QED) is 0.546. The van der Waals surface area contributed by atoms with Gasteiger partial charge < -0.3 is 9.64 Å². The zero-order valence-corrected chi connectivity index (χ0v) is 11.0. The SMILES string of the molecule is CCOC(=O)CN(CC(C)C)C(=O)CBr. The molecule has 0 fully saturated rings. The molecule has 0 heterocycles. The van der Waals surface area contributed by atoms with E-state index in [0.29, 0.717) is 19.1 Å². The van der Waals surface area contributed by atoms with E-state index in [1.807, 2.05) is 13.8 Å². The Bertz CT molecular complexity index is 219. The number of carbonyl (C=O) groups is 2. The number of nitrogens with zero attached hydrogens (tertiary/aromatic N) is 1. The lowest BCUT2D eigenvalue weighted by Crippen LogP contribution is -2.39. The summed E-state index contributed by atoms with van der Waals surface area (Å²) >= 11 is 3.09. The third kappa shape index (κ3) is 6.49. The molecule has 1 amide bonds. The van der Waals surface area contributed by atoms with Crippen LogP contribution in [-0.2, 0) is 14.3 Å². The van der Waals surface area contributed by atoms with Gasteiger partial charge in [-0.15, -0.1) is 0 Å². The monoisotopic (exact) mass is 279 g/mol. The molecule has 0 atom stereocenters. The summed E-state index contributed by atoms with van der Waals surface area (Å²) in [6, 6.07) is 0. The summed E-state index contributed by atoms with van der Waals surface area (Å²) in [5.74, 6) is -0.105. The van der Waals surface area contributed by atoms with Gasteiger partial charge in [0.2, 0.25) is 5.91 Å². The van der Waals surface area contributed by atoms with Gasteiger partial charge in [-0.2, -0.15) is 0 Å². The average molecular weight is 280 g/mol. The third-order valence-electron chi connectivity index (χ3n) is 1.68. The molecule has 4 nitrogen and oxygen atoms in total. The highest BCUT2D eigenvalue weighted by atomic mass is 79.9. The van der Waals surface area contributed by atoms with E-state index in [1.165, 1.54) is 4.90 Å². The molecule has 0 aliphatic carbocycles. The fraction of sp³-hybridized carbons (Fsp3) is 0.800. The van der Waals surface area contributed by atoms with Crippen LogP contribution in [0.5, 0.6) is 0 Å². The predicted octanol–water partition coefficient (Wildman–Crippen LogP) is 1.43. The minimum Gasteiger partial charge on any atom is -0.465 e. The Kier molecular flexibility index (Phi) is 7.38. The average Bonchev–Trinajstić information content (AvgIpc) is 2.15. The van der Waals surface area contributed by atoms with E-state index in [2.05, 4.69) is 15.9 Å². The van der Waals surface area contributed by atoms with Crippen molar-refractivity contribution >= 4 is 27.8 Å². The minimum absolute atomic E-state index is 0.0381. The lowest BCUT2D eigenvalue weighted by Gasteiger charge is -2.22. The van der Waals surface area contributed by atoms with E-state index < -0.39 is 0 Å². The molecular weight excluding hydrogens is 262 g/mol. The molecule has 0 aromatic rings. The first kappa shape index (κ1) is 14.4. The number of amides is 1. The van der Waals surface area contributed by atoms with Gasteiger partial charge in [-0.05, 0) is 12.8 Å². The molecule has 0 saturated carbocycles. The topological polar surface area (TPSA) is 46.6 Å². The van der Waals surface area contributed by atoms with Crippen LogP contribution < -0.4 is 0 Å². The molecule has 0 aliphatic heterocycles. The molecule has 0 aliphatic rings. The lowest BCUT2D eigenvalue weighted by atomic mass is 10.2. The number of carbonyl (C=O) groups excluding carboxylic acids is 2. The van der Waals surface area contributed by atoms with Gasteiger partial charge in [0.25, 0.3) is 0 Å². The van der Waals surface area contributed by atoms with Crippen LogP contribution in [0.2, 0.25) is 0 Å². The second kappa shape index (κ2) is 7.68. The van der Waals surface area contributed by atoms with Gasteiger partial charge in [-0.3, -0.25) is 9.59 Å². The highest BCUT2D eigenvalue weighted by Gasteiger charge is 2.17. The van der Waals surface area contributed by atoms with E-state index in [1.54, 1.807) is 6.92 Å². The van der Waals surface area contributed by atoms with E-state index in [0.717, 1.165) is 0 Å². The Morgan fingerprint density at radius 2 is 2.00 bits per heavy atom. The van der Waals surface area contributed by atoms with Crippen LogP contribution in [0.15, 0.2) is 0 Å². The Morgan fingerprint density at radius 1 is 1.40 bits per heavy atom. The van der Waals surface area contributed by atoms with Crippen molar-refractivity contribution < 1.29 is 14.3 Å². The van der Waals surface area contributed by atoms with Gasteiger partial charge in [0, 0.05) is 6.54 Å². The van der Waals surface area contributed by atoms with Crippen molar-refractivity contribution in [3.63, 3.8) is 0 Å². The van der Waals surface area contributed by atoms with Crippen LogP contribution in [0.25, 0.3) is 0 Å². The fourth-order valence-corrected chi connectivity index (χ4v) is 1.50. The van der Waals surface area contributed by atoms with Gasteiger partial charge in [0.05, 0.1) is 11.9 Å². The smallest absolute Gasteiger partial charge is 0.325 e. The van der Waals surface area contributed by atoms with Crippen molar-refractivity contribution in [3.8, 4) is 0 Å². The number of ether oxygens (including phenoxy) is 1. The summed E-state index contributed by atoms with van der Waals surface area (Å²) in [5.41, 5.74) is 0. The lowest BCUT2D eigenvalue weighted by molar-refractivity contribution is -0.148. The summed E-state index contributed by atoms with van der Waals surface area (Å²) in [4.78, 5) is 24.2. The van der Waals surface area contributed by atoms with Gasteiger partial charge in [0.15, 0.2) is 0 Å². The van der Waals surface area contributed by atoms with Crippen LogP contribution in [0.1, 0.15) is 20.8 Å². The number of rotatable bonds is 6. The number of halogens is 1. The fourth-order valence-electron chi connectivity index (χ4n) is 1.14. The molecule has 0 aromatic carbocycles. The second-order valence-corrected chi connectivity index (χ2v) is 4.17. The number of hydrogen-bond acceptors (Lipinski definition) is 3. The molecule has 0 rings (SSSR count). The van der Waals surface area contributed by atoms with Crippen molar-refractivity contribution in [2.75, 3.05) is 25.0 Å². The highest BCUT2D eigenvalue weighted by Crippen LogP contribution is 2.01. The maximum absolute atomic E-state index is 11.5. The minimum atomic E-state index is -0.354. The van der Waals surface area contributed by atoms with E-state index in [-0.39, 0.29) is 23.8 Å². The molecule has 88 valence electrons. The van der Waals surface area contributed by atoms with Crippen LogP contribution >= 0.6 is 15.9 Å². The maximum Gasteiger partial charge on any atom is 0.325 e. The summed E-state index contributed by atoms with van der Waals surface area (Å²) < 4.78 is 4.80. The van der Waals surface area contributed by atoms with Crippen LogP contribution in [0, 0.1) is 5.92 Å². The van der Waals surface area contributed by atoms with Crippen LogP contribution in [0.3, 0.4) is 0 Å². The van der Waals surface area contributed by atoms with Crippen molar-refractivity contribution in [3.05, 3.63) is 0 Å². The number of hydrogen-bond donors (Lipinski definition) is 0. The summed E-state index contributed by atoms with van der Waals surface area (Å²) in [5, 5.41) is 0.235. The molecule has 0 radical (unpaired) electrons. The molecule has 0 bridgehead atoms. The Morgan fingerprint density at radius 3 is 2.40 bits per heavy atom. The van der Waals surface area contributed by atoms with Crippen LogP contribution in [0.4, 0.5) is 0 Å². The number of esters is 1. The highest BCUT2D eigenvalue weighted by molar-refractivity contribution is 9.09. The van der Waals surface area contributed by atoms with Crippen molar-refractivity contribution in [2.45, 2.75) is 20.8 Å². The predicted molar refractivity (Wildman–Crippen MR) is 61.8 cm³/mol. The molecule has 5 heteroatoms. The van der Waals surface area contributed by atoms with Crippen molar-refractivity contribution in [2.24, 2.45) is 5.92 Å². The third-order valence-corrected chi connectivity index (χ3v) is 2.16. The van der Waals surface area contributed by atoms with Crippen molar-refractivity contribution in [1.29, 1.82) is 0 Å².